The molecule has 0 radical (unpaired) electrons. The molecule has 2 fully saturated rings. The lowest BCUT2D eigenvalue weighted by Crippen LogP contribution is -2.44. The molecule has 2 amide bonds. The first-order valence-corrected chi connectivity index (χ1v) is 10.1. The Balaban J connectivity index is 1.37. The monoisotopic (exact) mass is 408 g/mol. The third kappa shape index (κ3) is 2.78. The van der Waals surface area contributed by atoms with E-state index in [4.69, 9.17) is 9.26 Å². The van der Waals surface area contributed by atoms with Crippen molar-refractivity contribution in [2.45, 2.75) is 38.6 Å². The average molecular weight is 408 g/mol. The molecule has 4 atom stereocenters. The number of fused-ring (bicyclic) bond motifs is 1. The van der Waals surface area contributed by atoms with Gasteiger partial charge in [-0.3, -0.25) is 14.6 Å². The number of aromatic nitrogens is 2. The number of hydrogen-bond acceptors (Lipinski definition) is 6. The van der Waals surface area contributed by atoms with E-state index in [2.05, 4.69) is 10.1 Å². The Hall–Kier alpha value is -3.00. The van der Waals surface area contributed by atoms with Crippen LogP contribution in [-0.2, 0) is 27.4 Å². The van der Waals surface area contributed by atoms with Crippen LogP contribution in [0.15, 0.2) is 41.2 Å². The summed E-state index contributed by atoms with van der Waals surface area (Å²) in [5, 5.41) is 3.96. The van der Waals surface area contributed by atoms with Gasteiger partial charge in [0, 0.05) is 31.5 Å². The quantitative estimate of drug-likeness (QED) is 0.699. The summed E-state index contributed by atoms with van der Waals surface area (Å²) < 4.78 is 11.4. The predicted molar refractivity (Wildman–Crippen MR) is 106 cm³/mol. The van der Waals surface area contributed by atoms with E-state index in [9.17, 15) is 9.59 Å². The van der Waals surface area contributed by atoms with Gasteiger partial charge in [-0.2, -0.15) is 0 Å². The van der Waals surface area contributed by atoms with Crippen molar-refractivity contribution >= 4 is 11.8 Å². The fraction of sp³-hybridized carbons (Fsp3) is 0.455. The fourth-order valence-electron chi connectivity index (χ4n) is 5.00. The van der Waals surface area contributed by atoms with Gasteiger partial charge in [0.25, 0.3) is 0 Å². The minimum atomic E-state index is -0.714. The van der Waals surface area contributed by atoms with Crippen molar-refractivity contribution in [3.63, 3.8) is 0 Å². The minimum Gasteiger partial charge on any atom is -0.361 e. The number of likely N-dealkylation sites (tertiary alicyclic amines) is 1. The number of rotatable bonds is 5. The maximum Gasteiger partial charge on any atom is 0.230 e. The predicted octanol–water partition coefficient (Wildman–Crippen LogP) is 1.63. The average Bonchev–Trinajstić information content (AvgIpc) is 3.45. The summed E-state index contributed by atoms with van der Waals surface area (Å²) in [6.45, 7) is 5.00. The minimum absolute atomic E-state index is 0.0326. The fourth-order valence-corrected chi connectivity index (χ4v) is 5.00. The van der Waals surface area contributed by atoms with Crippen molar-refractivity contribution in [3.05, 3.63) is 59.3 Å². The lowest BCUT2D eigenvalue weighted by Gasteiger charge is -2.27. The molecule has 156 valence electrons. The van der Waals surface area contributed by atoms with Crippen molar-refractivity contribution in [2.24, 2.45) is 11.8 Å². The van der Waals surface area contributed by atoms with E-state index in [0.29, 0.717) is 25.4 Å². The van der Waals surface area contributed by atoms with Gasteiger partial charge in [0.2, 0.25) is 11.8 Å². The van der Waals surface area contributed by atoms with Crippen LogP contribution in [0.4, 0.5) is 0 Å². The summed E-state index contributed by atoms with van der Waals surface area (Å²) in [5.41, 5.74) is 1.91. The van der Waals surface area contributed by atoms with Gasteiger partial charge in [-0.1, -0.05) is 23.4 Å². The summed E-state index contributed by atoms with van der Waals surface area (Å²) in [6.07, 6.45) is 7.01. The number of nitrogens with zero attached hydrogens (tertiary/aromatic N) is 4. The Morgan fingerprint density at radius 1 is 1.40 bits per heavy atom. The molecule has 30 heavy (non-hydrogen) atoms. The molecule has 8 nitrogen and oxygen atoms in total. The van der Waals surface area contributed by atoms with Crippen molar-refractivity contribution in [1.82, 2.24) is 19.9 Å². The van der Waals surface area contributed by atoms with E-state index in [0.717, 1.165) is 16.8 Å². The van der Waals surface area contributed by atoms with Gasteiger partial charge in [-0.25, -0.2) is 0 Å². The third-order valence-electron chi connectivity index (χ3n) is 6.51. The van der Waals surface area contributed by atoms with Gasteiger partial charge < -0.3 is 19.1 Å². The lowest BCUT2D eigenvalue weighted by atomic mass is 9.76. The number of hydrogen-bond donors (Lipinski definition) is 0. The van der Waals surface area contributed by atoms with E-state index < -0.39 is 17.4 Å². The molecule has 5 heterocycles. The summed E-state index contributed by atoms with van der Waals surface area (Å²) in [7, 11) is 1.75. The number of carbonyl (C=O) groups excluding carboxylic acids is 2. The summed E-state index contributed by atoms with van der Waals surface area (Å²) in [6, 6.07) is 3.80. The smallest absolute Gasteiger partial charge is 0.230 e. The van der Waals surface area contributed by atoms with Crippen molar-refractivity contribution in [2.75, 3.05) is 13.6 Å². The Morgan fingerprint density at radius 3 is 2.93 bits per heavy atom. The van der Waals surface area contributed by atoms with Crippen LogP contribution in [-0.4, -0.2) is 57.1 Å². The second-order valence-electron chi connectivity index (χ2n) is 8.45. The molecular formula is C22H24N4O4. The Labute approximate surface area is 174 Å². The molecule has 2 aromatic rings. The molecule has 3 aliphatic heterocycles. The Bertz CT molecular complexity index is 1010. The molecule has 0 saturated carbocycles. The standard InChI is InChI=1S/C22H24N4O4/c1-13-16(14(2)30-24-13)11-25(3)20(27)18-17-6-7-22(29-17)12-26(21(28)19(18)22)10-15-5-4-8-23-9-15/h4-9,17-19H,10-12H2,1-3H3/t17-,18?,19?,22-/m1/s1. The number of aryl methyl sites for hydroxylation is 2. The summed E-state index contributed by atoms with van der Waals surface area (Å²) in [4.78, 5) is 34.3. The SMILES string of the molecule is Cc1noc(C)c1CN(C)C(=O)C1C2C(=O)N(Cc3cccnc3)C[C@]23C=C[C@H]1O3. The van der Waals surface area contributed by atoms with Crippen LogP contribution < -0.4 is 0 Å². The van der Waals surface area contributed by atoms with Gasteiger partial charge in [0.15, 0.2) is 0 Å². The Kier molecular flexibility index (Phi) is 4.28. The molecule has 2 aromatic heterocycles. The first kappa shape index (κ1) is 19.0. The van der Waals surface area contributed by atoms with Gasteiger partial charge in [-0.05, 0) is 25.5 Å². The number of pyridine rings is 1. The van der Waals surface area contributed by atoms with E-state index in [1.54, 1.807) is 29.2 Å². The van der Waals surface area contributed by atoms with Crippen molar-refractivity contribution < 1.29 is 18.8 Å². The van der Waals surface area contributed by atoms with E-state index in [-0.39, 0.29) is 17.9 Å². The van der Waals surface area contributed by atoms with Crippen LogP contribution in [0.1, 0.15) is 22.6 Å². The highest BCUT2D eigenvalue weighted by molar-refractivity contribution is 5.93. The molecule has 2 saturated heterocycles. The molecule has 0 aromatic carbocycles. The molecule has 2 unspecified atom stereocenters. The van der Waals surface area contributed by atoms with Crippen molar-refractivity contribution in [3.8, 4) is 0 Å². The molecule has 8 heteroatoms. The van der Waals surface area contributed by atoms with Crippen LogP contribution in [0, 0.1) is 25.7 Å². The zero-order valence-corrected chi connectivity index (χ0v) is 17.2. The number of ether oxygens (including phenoxy) is 1. The van der Waals surface area contributed by atoms with Gasteiger partial charge >= 0.3 is 0 Å². The van der Waals surface area contributed by atoms with Gasteiger partial charge in [0.1, 0.15) is 11.4 Å². The van der Waals surface area contributed by atoms with Gasteiger partial charge in [0.05, 0.1) is 36.7 Å². The van der Waals surface area contributed by atoms with Gasteiger partial charge in [-0.15, -0.1) is 0 Å². The molecule has 1 spiro atoms. The maximum absolute atomic E-state index is 13.4. The highest BCUT2D eigenvalue weighted by atomic mass is 16.5. The molecule has 0 N–H and O–H groups in total. The normalized spacial score (nSPS) is 29.0. The molecule has 2 bridgehead atoms. The van der Waals surface area contributed by atoms with E-state index >= 15 is 0 Å². The second-order valence-corrected chi connectivity index (χ2v) is 8.45. The van der Waals surface area contributed by atoms with Crippen LogP contribution in [0.3, 0.4) is 0 Å². The second kappa shape index (κ2) is 6.77. The van der Waals surface area contributed by atoms with E-state index in [1.807, 2.05) is 38.1 Å². The zero-order valence-electron chi connectivity index (χ0n) is 17.2. The number of amides is 2. The Morgan fingerprint density at radius 2 is 2.23 bits per heavy atom. The summed E-state index contributed by atoms with van der Waals surface area (Å²) >= 11 is 0. The molecule has 3 aliphatic rings. The first-order chi connectivity index (χ1) is 14.4. The number of carbonyl (C=O) groups is 2. The highest BCUT2D eigenvalue weighted by Gasteiger charge is 2.67. The third-order valence-corrected chi connectivity index (χ3v) is 6.51. The van der Waals surface area contributed by atoms with Crippen LogP contribution in [0.25, 0.3) is 0 Å². The lowest BCUT2D eigenvalue weighted by molar-refractivity contribution is -0.142. The largest absolute Gasteiger partial charge is 0.361 e. The van der Waals surface area contributed by atoms with Crippen molar-refractivity contribution in [1.29, 1.82) is 0 Å². The highest BCUT2D eigenvalue weighted by Crippen LogP contribution is 2.52. The zero-order chi connectivity index (χ0) is 21.0. The molecule has 0 aliphatic carbocycles. The van der Waals surface area contributed by atoms with Crippen LogP contribution in [0.5, 0.6) is 0 Å². The maximum atomic E-state index is 13.4. The topological polar surface area (TPSA) is 88.8 Å². The van der Waals surface area contributed by atoms with Crippen LogP contribution >= 0.6 is 0 Å². The first-order valence-electron chi connectivity index (χ1n) is 10.1. The van der Waals surface area contributed by atoms with Crippen LogP contribution in [0.2, 0.25) is 0 Å². The molecular weight excluding hydrogens is 384 g/mol. The van der Waals surface area contributed by atoms with E-state index in [1.165, 1.54) is 0 Å². The molecule has 5 rings (SSSR count). The summed E-state index contributed by atoms with van der Waals surface area (Å²) in [5.74, 6) is -0.439.